The van der Waals surface area contributed by atoms with Crippen molar-refractivity contribution in [1.29, 1.82) is 0 Å². The molecular weight excluding hydrogens is 1370 g/mol. The number of hydrogen-bond donors (Lipinski definition) is 0. The van der Waals surface area contributed by atoms with E-state index in [4.69, 9.17) is 147 Å². The highest BCUT2D eigenvalue weighted by Crippen LogP contribution is 2.05. The fraction of sp³-hybridized carbons (Fsp3) is 1.00. The van der Waals surface area contributed by atoms with Crippen molar-refractivity contribution in [2.75, 3.05) is 408 Å². The van der Waals surface area contributed by atoms with Gasteiger partial charge < -0.3 is 147 Å². The van der Waals surface area contributed by atoms with Crippen LogP contribution in [0.3, 0.4) is 0 Å². The zero-order chi connectivity index (χ0) is 70.3. The first kappa shape index (κ1) is 97.2. The highest BCUT2D eigenvalue weighted by molar-refractivity contribution is 9.09. The zero-order valence-electron chi connectivity index (χ0n) is 60.4. The summed E-state index contributed by atoms with van der Waals surface area (Å²) >= 11 is 3.31. The van der Waals surface area contributed by atoms with E-state index in [0.717, 1.165) is 5.33 Å². The summed E-state index contributed by atoms with van der Waals surface area (Å²) in [5.41, 5.74) is -0.145. The van der Waals surface area contributed by atoms with Crippen LogP contribution in [0.25, 0.3) is 0 Å². The molecule has 0 bridgehead atoms. The first-order chi connectivity index (χ1) is 48.6. The van der Waals surface area contributed by atoms with Crippen LogP contribution in [-0.2, 0) is 147 Å². The molecule has 98 heavy (non-hydrogen) atoms. The molecule has 0 atom stereocenters. The van der Waals surface area contributed by atoms with Crippen LogP contribution >= 0.6 is 15.9 Å². The van der Waals surface area contributed by atoms with Gasteiger partial charge in [-0.05, 0) is 20.8 Å². The van der Waals surface area contributed by atoms with Gasteiger partial charge in [0, 0.05) is 5.33 Å². The normalized spacial score (nSPS) is 12.0. The van der Waals surface area contributed by atoms with E-state index in [2.05, 4.69) is 15.9 Å². The van der Waals surface area contributed by atoms with Crippen LogP contribution in [0.1, 0.15) is 20.8 Å². The highest BCUT2D eigenvalue weighted by Gasteiger charge is 2.09. The van der Waals surface area contributed by atoms with Crippen molar-refractivity contribution >= 4 is 15.9 Å². The Balaban J connectivity index is 3.09. The lowest BCUT2D eigenvalue weighted by Gasteiger charge is -2.19. The fourth-order valence-corrected chi connectivity index (χ4v) is 7.17. The first-order valence-electron chi connectivity index (χ1n) is 35.1. The minimum Gasteiger partial charge on any atom is -0.378 e. The van der Waals surface area contributed by atoms with Crippen molar-refractivity contribution in [3.8, 4) is 0 Å². The van der Waals surface area contributed by atoms with E-state index in [-0.39, 0.29) is 5.60 Å². The van der Waals surface area contributed by atoms with Gasteiger partial charge in [-0.15, -0.1) is 0 Å². The van der Waals surface area contributed by atoms with Crippen molar-refractivity contribution in [2.24, 2.45) is 0 Å². The molecule has 32 heteroatoms. The maximum absolute atomic E-state index is 5.59. The highest BCUT2D eigenvalue weighted by atomic mass is 79.9. The predicted molar refractivity (Wildman–Crippen MR) is 364 cm³/mol. The molecule has 0 N–H and O–H groups in total. The molecule has 590 valence electrons. The third-order valence-corrected chi connectivity index (χ3v) is 12.1. The van der Waals surface area contributed by atoms with Gasteiger partial charge in [0.05, 0.1) is 409 Å². The van der Waals surface area contributed by atoms with E-state index >= 15 is 0 Å². The molecule has 0 heterocycles. The average molecular weight is 1500 g/mol. The minimum atomic E-state index is -0.145. The Morgan fingerprint density at radius 3 is 0.265 bits per heavy atom. The molecule has 0 aliphatic carbocycles. The topological polar surface area (TPSA) is 286 Å². The first-order valence-corrected chi connectivity index (χ1v) is 36.2. The Bertz CT molecular complexity index is 1400. The van der Waals surface area contributed by atoms with Crippen LogP contribution in [0.2, 0.25) is 0 Å². The number of hydrogen-bond acceptors (Lipinski definition) is 31. The summed E-state index contributed by atoms with van der Waals surface area (Å²) in [6.45, 7) is 36.7. The Hall–Kier alpha value is -0.760. The van der Waals surface area contributed by atoms with E-state index in [1.165, 1.54) is 0 Å². The summed E-state index contributed by atoms with van der Waals surface area (Å²) in [4.78, 5) is 0. The van der Waals surface area contributed by atoms with Crippen molar-refractivity contribution in [3.05, 3.63) is 0 Å². The Morgan fingerprint density at radius 2 is 0.194 bits per heavy atom. The number of alkyl halides is 1. The number of ether oxygens (including phenoxy) is 31. The van der Waals surface area contributed by atoms with Crippen molar-refractivity contribution in [2.45, 2.75) is 26.4 Å². The molecule has 0 aromatic heterocycles. The molecule has 0 aliphatic heterocycles. The Morgan fingerprint density at radius 1 is 0.122 bits per heavy atom. The van der Waals surface area contributed by atoms with Crippen LogP contribution in [0.4, 0.5) is 0 Å². The summed E-state index contributed by atoms with van der Waals surface area (Å²) in [5.74, 6) is 0. The van der Waals surface area contributed by atoms with Gasteiger partial charge >= 0.3 is 0 Å². The SMILES string of the molecule is CC(C)(C)OCCOCCOCCOCCOCCOCCOCCOCCOCCOCCOCCOCCOCCOCCOCCOCCOCCOCCOCCOCCOCCOCCOCCOCCOCCOCCOCCOCCOCCOCCOCCBr. The van der Waals surface area contributed by atoms with Gasteiger partial charge in [0.1, 0.15) is 0 Å². The minimum absolute atomic E-state index is 0.145. The second kappa shape index (κ2) is 90.5. The molecule has 0 aliphatic rings. The molecular formula is C66H133BrO31. The van der Waals surface area contributed by atoms with Crippen molar-refractivity contribution in [3.63, 3.8) is 0 Å². The predicted octanol–water partition coefficient (Wildman–Crippen LogP) is 2.69. The third kappa shape index (κ3) is 95.2. The van der Waals surface area contributed by atoms with Crippen LogP contribution in [0, 0.1) is 0 Å². The summed E-state index contributed by atoms with van der Waals surface area (Å²) < 4.78 is 171. The summed E-state index contributed by atoms with van der Waals surface area (Å²) in [6, 6.07) is 0. The average Bonchev–Trinajstić information content (AvgIpc) is 3.81. The van der Waals surface area contributed by atoms with Gasteiger partial charge in [-0.25, -0.2) is 0 Å². The maximum atomic E-state index is 5.59. The molecule has 0 aromatic rings. The van der Waals surface area contributed by atoms with Crippen LogP contribution in [-0.4, -0.2) is 414 Å². The van der Waals surface area contributed by atoms with Gasteiger partial charge in [0.2, 0.25) is 0 Å². The molecule has 0 radical (unpaired) electrons. The van der Waals surface area contributed by atoms with E-state index < -0.39 is 0 Å². The van der Waals surface area contributed by atoms with Crippen LogP contribution in [0.15, 0.2) is 0 Å². The monoisotopic (exact) mass is 1500 g/mol. The molecule has 0 fully saturated rings. The molecule has 0 rings (SSSR count). The van der Waals surface area contributed by atoms with Gasteiger partial charge in [-0.2, -0.15) is 0 Å². The van der Waals surface area contributed by atoms with Crippen molar-refractivity contribution < 1.29 is 147 Å². The lowest BCUT2D eigenvalue weighted by Crippen LogP contribution is -2.22. The molecule has 0 spiro atoms. The standard InChI is InChI=1S/C66H133BrO31/c1-66(2,3)98-65-64-97-63-62-96-61-60-95-59-58-94-57-56-93-55-54-92-53-52-91-51-50-90-49-48-89-47-46-88-45-44-87-43-42-86-41-40-85-39-38-84-37-36-83-35-34-82-33-32-81-31-30-80-29-28-79-27-26-78-25-24-77-23-22-76-21-20-75-19-18-74-17-16-73-15-14-72-13-12-71-11-10-70-9-8-69-7-6-68-5-4-67/h4-65H2,1-3H3. The van der Waals surface area contributed by atoms with E-state index in [1.807, 2.05) is 20.8 Å². The number of halogens is 1. The van der Waals surface area contributed by atoms with Gasteiger partial charge in [-0.1, -0.05) is 15.9 Å². The second-order valence-electron chi connectivity index (χ2n) is 21.0. The van der Waals surface area contributed by atoms with Crippen molar-refractivity contribution in [1.82, 2.24) is 0 Å². The lowest BCUT2D eigenvalue weighted by atomic mass is 10.2. The molecule has 0 saturated heterocycles. The number of rotatable bonds is 92. The Labute approximate surface area is 595 Å². The van der Waals surface area contributed by atoms with Crippen LogP contribution in [0.5, 0.6) is 0 Å². The fourth-order valence-electron chi connectivity index (χ4n) is 6.94. The molecule has 0 saturated carbocycles. The van der Waals surface area contributed by atoms with Gasteiger partial charge in [0.15, 0.2) is 0 Å². The third-order valence-electron chi connectivity index (χ3n) is 11.8. The summed E-state index contributed by atoms with van der Waals surface area (Å²) in [6.07, 6.45) is 0. The smallest absolute Gasteiger partial charge is 0.0707 e. The maximum Gasteiger partial charge on any atom is 0.0707 e. The summed E-state index contributed by atoms with van der Waals surface area (Å²) in [5, 5.41) is 0.829. The van der Waals surface area contributed by atoms with Gasteiger partial charge in [0.25, 0.3) is 0 Å². The molecule has 0 amide bonds. The second-order valence-corrected chi connectivity index (χ2v) is 21.8. The quantitative estimate of drug-likeness (QED) is 0.0625. The van der Waals surface area contributed by atoms with E-state index in [1.54, 1.807) is 0 Å². The molecule has 0 unspecified atom stereocenters. The van der Waals surface area contributed by atoms with Crippen LogP contribution < -0.4 is 0 Å². The van der Waals surface area contributed by atoms with E-state index in [0.29, 0.717) is 403 Å². The lowest BCUT2D eigenvalue weighted by molar-refractivity contribution is -0.0467. The molecule has 0 aromatic carbocycles. The summed E-state index contributed by atoms with van der Waals surface area (Å²) in [7, 11) is 0. The molecule has 31 nitrogen and oxygen atoms in total. The Kier molecular flexibility index (Phi) is 89.8. The van der Waals surface area contributed by atoms with E-state index in [9.17, 15) is 0 Å². The largest absolute Gasteiger partial charge is 0.378 e. The zero-order valence-corrected chi connectivity index (χ0v) is 62.0. The van der Waals surface area contributed by atoms with Gasteiger partial charge in [-0.3, -0.25) is 0 Å².